The number of hydrogen-bond acceptors (Lipinski definition) is 8. The van der Waals surface area contributed by atoms with Crippen LogP contribution in [0, 0.1) is 5.92 Å². The largest absolute Gasteiger partial charge is 0.347 e. The van der Waals surface area contributed by atoms with Crippen LogP contribution in [0.3, 0.4) is 0 Å². The fourth-order valence-corrected chi connectivity index (χ4v) is 5.70. The van der Waals surface area contributed by atoms with E-state index in [1.165, 1.54) is 24.0 Å². The molecule has 2 fully saturated rings. The molecule has 0 bridgehead atoms. The highest BCUT2D eigenvalue weighted by Gasteiger charge is 2.37. The molecule has 1 amide bonds. The average molecular weight is 464 g/mol. The third-order valence-corrected chi connectivity index (χ3v) is 8.04. The van der Waals surface area contributed by atoms with Crippen LogP contribution in [0.2, 0.25) is 0 Å². The highest BCUT2D eigenvalue weighted by Crippen LogP contribution is 2.30. The van der Waals surface area contributed by atoms with E-state index in [-0.39, 0.29) is 22.8 Å². The zero-order chi connectivity index (χ0) is 22.2. The van der Waals surface area contributed by atoms with E-state index in [0.717, 1.165) is 55.5 Å². The van der Waals surface area contributed by atoms with E-state index in [0.29, 0.717) is 12.3 Å². The van der Waals surface area contributed by atoms with Gasteiger partial charge in [0.1, 0.15) is 5.82 Å². The van der Waals surface area contributed by atoms with Gasteiger partial charge in [-0.15, -0.1) is 0 Å². The summed E-state index contributed by atoms with van der Waals surface area (Å²) < 4.78 is 27.6. The summed E-state index contributed by atoms with van der Waals surface area (Å²) in [6, 6.07) is 3.56. The molecule has 2 aliphatic heterocycles. The van der Waals surface area contributed by atoms with Crippen molar-refractivity contribution in [2.24, 2.45) is 5.92 Å². The number of amides is 1. The van der Waals surface area contributed by atoms with Gasteiger partial charge in [0.2, 0.25) is 11.0 Å². The first kappa shape index (κ1) is 22.1. The Morgan fingerprint density at radius 2 is 1.90 bits per heavy atom. The maximum absolute atomic E-state index is 13.0. The van der Waals surface area contributed by atoms with Crippen molar-refractivity contribution in [3.8, 4) is 0 Å². The summed E-state index contributed by atoms with van der Waals surface area (Å²) in [5.74, 6) is 1.36. The molecule has 0 N–H and O–H groups in total. The maximum Gasteiger partial charge on any atom is 0.226 e. The van der Waals surface area contributed by atoms with Crippen molar-refractivity contribution in [3.63, 3.8) is 0 Å². The van der Waals surface area contributed by atoms with Gasteiger partial charge in [-0.05, 0) is 31.4 Å². The zero-order valence-corrected chi connectivity index (χ0v) is 19.8. The van der Waals surface area contributed by atoms with Crippen molar-refractivity contribution in [1.82, 2.24) is 19.2 Å². The van der Waals surface area contributed by atoms with E-state index in [2.05, 4.69) is 33.1 Å². The van der Waals surface area contributed by atoms with Crippen molar-refractivity contribution in [3.05, 3.63) is 29.8 Å². The van der Waals surface area contributed by atoms with Crippen molar-refractivity contribution in [2.75, 3.05) is 30.8 Å². The number of sulfone groups is 1. The second-order valence-electron chi connectivity index (χ2n) is 8.79. The van der Waals surface area contributed by atoms with Gasteiger partial charge in [-0.3, -0.25) is 9.78 Å². The third-order valence-electron chi connectivity index (χ3n) is 6.16. The molecular weight excluding hydrogens is 434 g/mol. The smallest absolute Gasteiger partial charge is 0.226 e. The number of aromatic nitrogens is 3. The van der Waals surface area contributed by atoms with E-state index in [9.17, 15) is 13.2 Å². The van der Waals surface area contributed by atoms with E-state index in [1.54, 1.807) is 12.1 Å². The predicted molar refractivity (Wildman–Crippen MR) is 120 cm³/mol. The molecule has 4 rings (SSSR count). The summed E-state index contributed by atoms with van der Waals surface area (Å²) in [6.07, 6.45) is 5.81. The summed E-state index contributed by atoms with van der Waals surface area (Å²) in [7, 11) is -3.26. The van der Waals surface area contributed by atoms with Crippen molar-refractivity contribution >= 4 is 32.4 Å². The highest BCUT2D eigenvalue weighted by atomic mass is 32.2. The lowest BCUT2D eigenvalue weighted by atomic mass is 10.0. The topological polar surface area (TPSA) is 96.4 Å². The summed E-state index contributed by atoms with van der Waals surface area (Å²) >= 11 is 1.46. The van der Waals surface area contributed by atoms with Crippen molar-refractivity contribution < 1.29 is 13.2 Å². The molecule has 31 heavy (non-hydrogen) atoms. The van der Waals surface area contributed by atoms with Crippen molar-refractivity contribution in [2.45, 2.75) is 56.4 Å². The number of rotatable bonds is 6. The number of nitrogens with zero attached hydrogens (tertiary/aromatic N) is 5. The molecule has 2 aromatic rings. The number of pyridine rings is 1. The molecule has 0 radical (unpaired) electrons. The molecular formula is C21H29N5O3S2. The fourth-order valence-electron chi connectivity index (χ4n) is 4.28. The van der Waals surface area contributed by atoms with E-state index >= 15 is 0 Å². The van der Waals surface area contributed by atoms with Gasteiger partial charge < -0.3 is 9.80 Å². The number of carbonyl (C=O) groups is 1. The van der Waals surface area contributed by atoms with Crippen LogP contribution in [0.5, 0.6) is 0 Å². The molecule has 0 aliphatic carbocycles. The first-order chi connectivity index (χ1) is 14.7. The lowest BCUT2D eigenvalue weighted by Crippen LogP contribution is -2.46. The van der Waals surface area contributed by atoms with Gasteiger partial charge in [-0.25, -0.2) is 13.4 Å². The van der Waals surface area contributed by atoms with Crippen LogP contribution in [0.25, 0.3) is 0 Å². The molecule has 2 saturated heterocycles. The number of carbonyl (C=O) groups excluding carboxylic acids is 1. The highest BCUT2D eigenvalue weighted by molar-refractivity contribution is 7.90. The van der Waals surface area contributed by atoms with Gasteiger partial charge in [0.25, 0.3) is 0 Å². The minimum absolute atomic E-state index is 0.0774. The normalized spacial score (nSPS) is 20.8. The fraction of sp³-hybridized carbons (Fsp3) is 0.619. The van der Waals surface area contributed by atoms with Crippen LogP contribution in [0.4, 0.5) is 5.13 Å². The monoisotopic (exact) mass is 463 g/mol. The first-order valence-corrected chi connectivity index (χ1v) is 13.4. The van der Waals surface area contributed by atoms with Gasteiger partial charge in [0, 0.05) is 73.6 Å². The first-order valence-electron chi connectivity index (χ1n) is 10.8. The van der Waals surface area contributed by atoms with Crippen LogP contribution in [-0.2, 0) is 21.1 Å². The van der Waals surface area contributed by atoms with Gasteiger partial charge in [-0.2, -0.15) is 4.37 Å². The summed E-state index contributed by atoms with van der Waals surface area (Å²) in [4.78, 5) is 26.5. The van der Waals surface area contributed by atoms with Crippen molar-refractivity contribution in [1.29, 1.82) is 0 Å². The number of anilines is 1. The molecule has 0 unspecified atom stereocenters. The molecule has 10 heteroatoms. The summed E-state index contributed by atoms with van der Waals surface area (Å²) in [6.45, 7) is 6.76. The zero-order valence-electron chi connectivity index (χ0n) is 18.2. The Bertz CT molecular complexity index is 1030. The second-order valence-corrected chi connectivity index (χ2v) is 11.5. The van der Waals surface area contributed by atoms with Crippen LogP contribution >= 0.6 is 11.5 Å². The quantitative estimate of drug-likeness (QED) is 0.649. The summed E-state index contributed by atoms with van der Waals surface area (Å²) in [5.41, 5.74) is 0.764. The standard InChI is InChI=1S/C21H29N5O3S2/c1-14(2)19-23-21(30-24-19)25-9-7-17(8-10-25)26-11-6-15(20(26)27)12-16-4-5-18(13-22-16)31(3,28)29/h4-5,13-15,17H,6-12H2,1-3H3/t15-/m1/s1. The van der Waals surface area contributed by atoms with Crippen LogP contribution in [0.1, 0.15) is 50.5 Å². The SMILES string of the molecule is CC(C)c1nsc(N2CCC(N3CC[C@H](Cc4ccc(S(C)(=O)=O)cn4)C3=O)CC2)n1. The Labute approximate surface area is 187 Å². The molecule has 1 atom stereocenters. The minimum atomic E-state index is -3.26. The second kappa shape index (κ2) is 8.82. The Balaban J connectivity index is 1.32. The number of hydrogen-bond donors (Lipinski definition) is 0. The molecule has 4 heterocycles. The molecule has 168 valence electrons. The van der Waals surface area contributed by atoms with E-state index in [1.807, 2.05) is 4.90 Å². The predicted octanol–water partition coefficient (Wildman–Crippen LogP) is 2.52. The molecule has 8 nitrogen and oxygen atoms in total. The van der Waals surface area contributed by atoms with Gasteiger partial charge in [0.05, 0.1) is 4.90 Å². The van der Waals surface area contributed by atoms with E-state index < -0.39 is 9.84 Å². The molecule has 0 spiro atoms. The van der Waals surface area contributed by atoms with Gasteiger partial charge in [0.15, 0.2) is 9.84 Å². The lowest BCUT2D eigenvalue weighted by molar-refractivity contribution is -0.133. The summed E-state index contributed by atoms with van der Waals surface area (Å²) in [5, 5.41) is 0.983. The Morgan fingerprint density at radius 1 is 1.16 bits per heavy atom. The average Bonchev–Trinajstić information content (AvgIpc) is 3.36. The number of piperidine rings is 1. The van der Waals surface area contributed by atoms with Gasteiger partial charge in [-0.1, -0.05) is 13.8 Å². The van der Waals surface area contributed by atoms with E-state index in [4.69, 9.17) is 0 Å². The maximum atomic E-state index is 13.0. The van der Waals surface area contributed by atoms with Crippen LogP contribution in [-0.4, -0.2) is 65.5 Å². The Kier molecular flexibility index (Phi) is 6.30. The van der Waals surface area contributed by atoms with Crippen LogP contribution < -0.4 is 4.90 Å². The number of likely N-dealkylation sites (tertiary alicyclic amines) is 1. The minimum Gasteiger partial charge on any atom is -0.347 e. The van der Waals surface area contributed by atoms with Gasteiger partial charge >= 0.3 is 0 Å². The lowest BCUT2D eigenvalue weighted by Gasteiger charge is -2.36. The molecule has 2 aromatic heterocycles. The Morgan fingerprint density at radius 3 is 2.48 bits per heavy atom. The molecule has 2 aliphatic rings. The van der Waals surface area contributed by atoms with Crippen LogP contribution in [0.15, 0.2) is 23.2 Å². The Hall–Kier alpha value is -2.07. The molecule has 0 saturated carbocycles. The third kappa shape index (κ3) is 4.90. The molecule has 0 aromatic carbocycles.